The molecule has 1 fully saturated rings. The summed E-state index contributed by atoms with van der Waals surface area (Å²) in [4.78, 5) is 24.0. The van der Waals surface area contributed by atoms with E-state index in [2.05, 4.69) is 15.5 Å². The molecule has 0 radical (unpaired) electrons. The largest absolute Gasteiger partial charge is 0.480 e. The number of thioether (sulfide) groups is 1. The highest BCUT2D eigenvalue weighted by molar-refractivity contribution is 7.99. The van der Waals surface area contributed by atoms with E-state index >= 15 is 0 Å². The summed E-state index contributed by atoms with van der Waals surface area (Å²) in [6.07, 6.45) is 1.32. The summed E-state index contributed by atoms with van der Waals surface area (Å²) in [7, 11) is 0. The second-order valence-electron chi connectivity index (χ2n) is 3.22. The van der Waals surface area contributed by atoms with Crippen LogP contribution in [-0.4, -0.2) is 59.8 Å². The highest BCUT2D eigenvalue weighted by Crippen LogP contribution is 2.21. The molecule has 2 rings (SSSR count). The maximum atomic E-state index is 11.8. The van der Waals surface area contributed by atoms with Crippen molar-refractivity contribution in [3.8, 4) is 0 Å². The number of nitrogens with zero attached hydrogens (tertiary/aromatic N) is 5. The topological polar surface area (TPSA) is 101 Å². The second-order valence-corrected chi connectivity index (χ2v) is 4.22. The van der Waals surface area contributed by atoms with Crippen LogP contribution in [0.3, 0.4) is 0 Å². The monoisotopic (exact) mass is 243 g/mol. The average molecular weight is 243 g/mol. The standard InChI is InChI=1S/C7H9N5O3S/c13-6(1-11-3-8-9-10-11)12-4-16-2-5(12)7(14)15/h3,5H,1-2,4H2,(H,14,15)/t5-/m0/s1. The number of rotatable bonds is 3. The molecular weight excluding hydrogens is 234 g/mol. The predicted molar refractivity (Wildman–Crippen MR) is 53.4 cm³/mol. The fourth-order valence-corrected chi connectivity index (χ4v) is 2.55. The number of amides is 1. The zero-order chi connectivity index (χ0) is 11.5. The van der Waals surface area contributed by atoms with Gasteiger partial charge in [0.15, 0.2) is 0 Å². The number of aliphatic carboxylic acids is 1. The predicted octanol–water partition coefficient (Wildman–Crippen LogP) is -1.34. The van der Waals surface area contributed by atoms with E-state index in [0.29, 0.717) is 11.6 Å². The average Bonchev–Trinajstić information content (AvgIpc) is 2.86. The minimum absolute atomic E-state index is 0.0304. The van der Waals surface area contributed by atoms with Gasteiger partial charge >= 0.3 is 5.97 Å². The lowest BCUT2D eigenvalue weighted by Gasteiger charge is -2.19. The van der Waals surface area contributed by atoms with Gasteiger partial charge < -0.3 is 10.0 Å². The van der Waals surface area contributed by atoms with Crippen molar-refractivity contribution >= 4 is 23.6 Å². The zero-order valence-electron chi connectivity index (χ0n) is 8.18. The molecule has 2 heterocycles. The molecule has 0 saturated carbocycles. The zero-order valence-corrected chi connectivity index (χ0v) is 9.00. The molecule has 16 heavy (non-hydrogen) atoms. The Kier molecular flexibility index (Phi) is 3.04. The van der Waals surface area contributed by atoms with Gasteiger partial charge in [-0.25, -0.2) is 9.48 Å². The van der Waals surface area contributed by atoms with Crippen LogP contribution in [0.5, 0.6) is 0 Å². The van der Waals surface area contributed by atoms with Crippen molar-refractivity contribution < 1.29 is 14.7 Å². The fourth-order valence-electron chi connectivity index (χ4n) is 1.38. The molecule has 1 N–H and O–H groups in total. The van der Waals surface area contributed by atoms with Crippen molar-refractivity contribution in [1.29, 1.82) is 0 Å². The van der Waals surface area contributed by atoms with Crippen LogP contribution in [0.4, 0.5) is 0 Å². The van der Waals surface area contributed by atoms with Gasteiger partial charge in [0.1, 0.15) is 18.9 Å². The van der Waals surface area contributed by atoms with Crippen LogP contribution in [0, 0.1) is 0 Å². The minimum atomic E-state index is -0.977. The third-order valence-corrected chi connectivity index (χ3v) is 3.19. The number of hydrogen-bond acceptors (Lipinski definition) is 6. The highest BCUT2D eigenvalue weighted by Gasteiger charge is 2.34. The molecule has 1 saturated heterocycles. The Hall–Kier alpha value is -1.64. The minimum Gasteiger partial charge on any atom is -0.480 e. The smallest absolute Gasteiger partial charge is 0.327 e. The third kappa shape index (κ3) is 2.13. The van der Waals surface area contributed by atoms with Crippen LogP contribution in [0.25, 0.3) is 0 Å². The lowest BCUT2D eigenvalue weighted by molar-refractivity contribution is -0.148. The Morgan fingerprint density at radius 2 is 2.38 bits per heavy atom. The van der Waals surface area contributed by atoms with E-state index in [0.717, 1.165) is 0 Å². The van der Waals surface area contributed by atoms with E-state index in [1.807, 2.05) is 0 Å². The van der Waals surface area contributed by atoms with Gasteiger partial charge in [0.25, 0.3) is 0 Å². The van der Waals surface area contributed by atoms with Crippen LogP contribution in [0.2, 0.25) is 0 Å². The molecule has 0 spiro atoms. The SMILES string of the molecule is O=C(O)[C@@H]1CSCN1C(=O)Cn1cnnn1. The molecule has 0 unspecified atom stereocenters. The first-order valence-electron chi connectivity index (χ1n) is 4.49. The summed E-state index contributed by atoms with van der Waals surface area (Å²) in [6.45, 7) is -0.0304. The quantitative estimate of drug-likeness (QED) is 0.701. The number of hydrogen-bond donors (Lipinski definition) is 1. The number of carboxylic acids is 1. The third-order valence-electron chi connectivity index (χ3n) is 2.18. The summed E-state index contributed by atoms with van der Waals surface area (Å²) in [6, 6.07) is -0.742. The summed E-state index contributed by atoms with van der Waals surface area (Å²) in [5.41, 5.74) is 0. The molecule has 9 heteroatoms. The Labute approximate surface area is 94.6 Å². The number of aromatic nitrogens is 4. The molecule has 8 nitrogen and oxygen atoms in total. The first-order chi connectivity index (χ1) is 7.68. The van der Waals surface area contributed by atoms with E-state index in [1.165, 1.54) is 27.7 Å². The highest BCUT2D eigenvalue weighted by atomic mass is 32.2. The Morgan fingerprint density at radius 3 is 3.00 bits per heavy atom. The maximum absolute atomic E-state index is 11.8. The van der Waals surface area contributed by atoms with Gasteiger partial charge in [-0.15, -0.1) is 16.9 Å². The fraction of sp³-hybridized carbons (Fsp3) is 0.571. The molecule has 1 aliphatic heterocycles. The molecule has 1 atom stereocenters. The van der Waals surface area contributed by atoms with E-state index < -0.39 is 12.0 Å². The van der Waals surface area contributed by atoms with Crippen LogP contribution in [-0.2, 0) is 16.1 Å². The van der Waals surface area contributed by atoms with Crippen molar-refractivity contribution in [2.45, 2.75) is 12.6 Å². The molecule has 1 amide bonds. The van der Waals surface area contributed by atoms with Gasteiger partial charge in [0.05, 0.1) is 5.88 Å². The molecule has 1 aromatic rings. The van der Waals surface area contributed by atoms with Crippen molar-refractivity contribution in [2.24, 2.45) is 0 Å². The van der Waals surface area contributed by atoms with Gasteiger partial charge in [-0.1, -0.05) is 0 Å². The molecule has 0 aromatic carbocycles. The van der Waals surface area contributed by atoms with E-state index in [9.17, 15) is 9.59 Å². The molecule has 0 aliphatic carbocycles. The molecule has 0 bridgehead atoms. The van der Waals surface area contributed by atoms with Crippen LogP contribution in [0.1, 0.15) is 0 Å². The Morgan fingerprint density at radius 1 is 1.56 bits per heavy atom. The van der Waals surface area contributed by atoms with Crippen LogP contribution < -0.4 is 0 Å². The van der Waals surface area contributed by atoms with Gasteiger partial charge in [-0.2, -0.15) is 0 Å². The van der Waals surface area contributed by atoms with Gasteiger partial charge in [0.2, 0.25) is 5.91 Å². The van der Waals surface area contributed by atoms with Crippen LogP contribution >= 0.6 is 11.8 Å². The normalized spacial score (nSPS) is 20.0. The van der Waals surface area contributed by atoms with E-state index in [-0.39, 0.29) is 12.5 Å². The second kappa shape index (κ2) is 4.47. The molecular formula is C7H9N5O3S. The summed E-state index contributed by atoms with van der Waals surface area (Å²) in [5, 5.41) is 19.2. The lowest BCUT2D eigenvalue weighted by Crippen LogP contribution is -2.43. The summed E-state index contributed by atoms with van der Waals surface area (Å²) >= 11 is 1.42. The Bertz CT molecular complexity index is 395. The van der Waals surface area contributed by atoms with E-state index in [1.54, 1.807) is 0 Å². The first-order valence-corrected chi connectivity index (χ1v) is 5.65. The number of tetrazole rings is 1. The van der Waals surface area contributed by atoms with Crippen molar-refractivity contribution in [3.05, 3.63) is 6.33 Å². The van der Waals surface area contributed by atoms with Crippen LogP contribution in [0.15, 0.2) is 6.33 Å². The Balaban J connectivity index is 2.01. The maximum Gasteiger partial charge on any atom is 0.327 e. The van der Waals surface area contributed by atoms with Gasteiger partial charge in [-0.05, 0) is 10.4 Å². The van der Waals surface area contributed by atoms with Crippen molar-refractivity contribution in [3.63, 3.8) is 0 Å². The number of carboxylic acid groups (broad SMARTS) is 1. The van der Waals surface area contributed by atoms with Gasteiger partial charge in [0, 0.05) is 5.75 Å². The van der Waals surface area contributed by atoms with Crippen molar-refractivity contribution in [1.82, 2.24) is 25.1 Å². The summed E-state index contributed by atoms with van der Waals surface area (Å²) in [5.74, 6) is -0.436. The summed E-state index contributed by atoms with van der Waals surface area (Å²) < 4.78 is 1.27. The number of carbonyl (C=O) groups is 2. The number of carbonyl (C=O) groups excluding carboxylic acids is 1. The van der Waals surface area contributed by atoms with E-state index in [4.69, 9.17) is 5.11 Å². The lowest BCUT2D eigenvalue weighted by atomic mass is 10.3. The first kappa shape index (κ1) is 10.9. The van der Waals surface area contributed by atoms with Crippen molar-refractivity contribution in [2.75, 3.05) is 11.6 Å². The molecule has 86 valence electrons. The van der Waals surface area contributed by atoms with Gasteiger partial charge in [-0.3, -0.25) is 4.79 Å². The molecule has 1 aromatic heterocycles. The molecule has 1 aliphatic rings.